The third-order valence-electron chi connectivity index (χ3n) is 3.50. The second-order valence-electron chi connectivity index (χ2n) is 5.52. The summed E-state index contributed by atoms with van der Waals surface area (Å²) in [6.07, 6.45) is -4.39. The number of aryl methyl sites for hydroxylation is 1. The Bertz CT molecular complexity index is 713. The lowest BCUT2D eigenvalue weighted by molar-refractivity contribution is -0.141. The van der Waals surface area contributed by atoms with Gasteiger partial charge in [-0.25, -0.2) is 0 Å². The summed E-state index contributed by atoms with van der Waals surface area (Å²) in [6.45, 7) is 4.10. The highest BCUT2D eigenvalue weighted by atomic mass is 32.2. The number of rotatable bonds is 5. The van der Waals surface area contributed by atoms with Crippen molar-refractivity contribution in [1.82, 2.24) is 24.9 Å². The van der Waals surface area contributed by atoms with Gasteiger partial charge in [0.2, 0.25) is 11.8 Å². The number of nitrogens with zero attached hydrogens (tertiary/aromatic N) is 6. The summed E-state index contributed by atoms with van der Waals surface area (Å²) < 4.78 is 50.5. The fourth-order valence-electron chi connectivity index (χ4n) is 2.37. The van der Waals surface area contributed by atoms with Gasteiger partial charge in [-0.15, -0.1) is 10.2 Å². The fraction of sp³-hybridized carbons (Fsp3) is 0.692. The number of thioether (sulfide) groups is 1. The molecule has 2 aromatic heterocycles. The van der Waals surface area contributed by atoms with Gasteiger partial charge in [0.1, 0.15) is 6.54 Å². The first kappa shape index (κ1) is 18.0. The Labute approximate surface area is 145 Å². The van der Waals surface area contributed by atoms with Crippen molar-refractivity contribution in [2.45, 2.75) is 37.0 Å². The van der Waals surface area contributed by atoms with Gasteiger partial charge in [0.25, 0.3) is 0 Å². The van der Waals surface area contributed by atoms with Crippen LogP contribution in [0.3, 0.4) is 0 Å². The third kappa shape index (κ3) is 4.42. The van der Waals surface area contributed by atoms with E-state index in [0.29, 0.717) is 38.0 Å². The average molecular weight is 378 g/mol. The molecule has 0 radical (unpaired) electrons. The van der Waals surface area contributed by atoms with Gasteiger partial charge < -0.3 is 14.2 Å². The third-order valence-corrected chi connectivity index (χ3v) is 4.57. The lowest BCUT2D eigenvalue weighted by Gasteiger charge is -2.28. The first-order valence-electron chi connectivity index (χ1n) is 7.63. The summed E-state index contributed by atoms with van der Waals surface area (Å²) >= 11 is 1.10. The smallest absolute Gasteiger partial charge is 0.378 e. The molecule has 138 valence electrons. The topological polar surface area (TPSA) is 82.1 Å². The molecule has 1 unspecified atom stereocenters. The number of alkyl halides is 3. The molecule has 0 bridgehead atoms. The molecule has 1 fully saturated rings. The van der Waals surface area contributed by atoms with E-state index >= 15 is 0 Å². The first-order valence-corrected chi connectivity index (χ1v) is 8.51. The van der Waals surface area contributed by atoms with Gasteiger partial charge in [0, 0.05) is 13.1 Å². The maximum atomic E-state index is 13.0. The van der Waals surface area contributed by atoms with Crippen LogP contribution in [0.15, 0.2) is 9.68 Å². The second kappa shape index (κ2) is 7.20. The number of halogens is 3. The summed E-state index contributed by atoms with van der Waals surface area (Å²) in [4.78, 5) is 5.85. The zero-order chi connectivity index (χ0) is 18.0. The second-order valence-corrected chi connectivity index (χ2v) is 6.83. The van der Waals surface area contributed by atoms with Crippen molar-refractivity contribution >= 4 is 17.7 Å². The maximum Gasteiger partial charge on any atom is 0.406 e. The van der Waals surface area contributed by atoms with Crippen molar-refractivity contribution < 1.29 is 22.4 Å². The van der Waals surface area contributed by atoms with Crippen molar-refractivity contribution in [2.75, 3.05) is 31.2 Å². The van der Waals surface area contributed by atoms with Crippen LogP contribution in [0.1, 0.15) is 23.9 Å². The molecule has 3 rings (SSSR count). The molecule has 1 atom stereocenters. The highest BCUT2D eigenvalue weighted by molar-refractivity contribution is 7.99. The van der Waals surface area contributed by atoms with E-state index in [0.717, 1.165) is 16.3 Å². The molecule has 0 N–H and O–H groups in total. The Morgan fingerprint density at radius 2 is 1.96 bits per heavy atom. The lowest BCUT2D eigenvalue weighted by Crippen LogP contribution is -2.38. The number of aromatic nitrogens is 5. The quantitative estimate of drug-likeness (QED) is 0.733. The number of hydrogen-bond donors (Lipinski definition) is 0. The average Bonchev–Trinajstić information content (AvgIpc) is 3.14. The highest BCUT2D eigenvalue weighted by Crippen LogP contribution is 2.35. The fourth-order valence-corrected chi connectivity index (χ4v) is 3.24. The molecule has 1 aliphatic heterocycles. The Balaban J connectivity index is 1.85. The highest BCUT2D eigenvalue weighted by Gasteiger charge is 2.33. The van der Waals surface area contributed by atoms with Gasteiger partial charge in [-0.1, -0.05) is 16.9 Å². The van der Waals surface area contributed by atoms with E-state index in [1.807, 2.05) is 0 Å². The minimum atomic E-state index is -4.39. The number of hydrogen-bond acceptors (Lipinski definition) is 8. The van der Waals surface area contributed by atoms with Gasteiger partial charge in [-0.2, -0.15) is 18.2 Å². The summed E-state index contributed by atoms with van der Waals surface area (Å²) in [5.41, 5.74) is 0. The molecule has 3 heterocycles. The van der Waals surface area contributed by atoms with E-state index in [1.165, 1.54) is 0 Å². The van der Waals surface area contributed by atoms with E-state index < -0.39 is 12.7 Å². The lowest BCUT2D eigenvalue weighted by atomic mass is 10.4. The zero-order valence-corrected chi connectivity index (χ0v) is 14.5. The SMILES string of the molecule is Cc1noc(C(C)Sc2nnc(N3CCOCC3)n2CC(F)(F)F)n1. The summed E-state index contributed by atoms with van der Waals surface area (Å²) in [6, 6.07) is 0. The summed E-state index contributed by atoms with van der Waals surface area (Å²) in [7, 11) is 0. The molecule has 0 saturated carbocycles. The van der Waals surface area contributed by atoms with Crippen LogP contribution in [-0.4, -0.2) is 57.4 Å². The zero-order valence-electron chi connectivity index (χ0n) is 13.7. The van der Waals surface area contributed by atoms with Gasteiger partial charge >= 0.3 is 6.18 Å². The molecular weight excluding hydrogens is 361 g/mol. The van der Waals surface area contributed by atoms with Crippen molar-refractivity contribution in [3.05, 3.63) is 11.7 Å². The molecule has 0 aromatic carbocycles. The molecule has 1 saturated heterocycles. The number of anilines is 1. The van der Waals surface area contributed by atoms with Gasteiger partial charge in [-0.3, -0.25) is 4.57 Å². The van der Waals surface area contributed by atoms with Crippen LogP contribution in [0.4, 0.5) is 19.1 Å². The van der Waals surface area contributed by atoms with E-state index in [2.05, 4.69) is 20.3 Å². The van der Waals surface area contributed by atoms with Crippen molar-refractivity contribution in [2.24, 2.45) is 0 Å². The molecular formula is C13H17F3N6O2S. The predicted octanol–water partition coefficient (Wildman–Crippen LogP) is 2.22. The standard InChI is InChI=1S/C13H17F3N6O2S/c1-8(10-17-9(2)20-24-10)25-12-19-18-11(21-3-5-23-6-4-21)22(12)7-13(14,15)16/h8H,3-7H2,1-2H3. The van der Waals surface area contributed by atoms with Crippen LogP contribution in [0.25, 0.3) is 0 Å². The van der Waals surface area contributed by atoms with Crippen molar-refractivity contribution in [1.29, 1.82) is 0 Å². The van der Waals surface area contributed by atoms with Crippen LogP contribution in [0.5, 0.6) is 0 Å². The van der Waals surface area contributed by atoms with E-state index in [-0.39, 0.29) is 16.4 Å². The van der Waals surface area contributed by atoms with Crippen LogP contribution in [0, 0.1) is 6.92 Å². The first-order chi connectivity index (χ1) is 11.8. The van der Waals surface area contributed by atoms with Crippen LogP contribution < -0.4 is 4.90 Å². The number of ether oxygens (including phenoxy) is 1. The van der Waals surface area contributed by atoms with Gasteiger partial charge in [0.05, 0.1) is 18.5 Å². The Morgan fingerprint density at radius 3 is 2.56 bits per heavy atom. The predicted molar refractivity (Wildman–Crippen MR) is 82.4 cm³/mol. The number of morpholine rings is 1. The molecule has 25 heavy (non-hydrogen) atoms. The summed E-state index contributed by atoms with van der Waals surface area (Å²) in [5, 5.41) is 11.4. The van der Waals surface area contributed by atoms with E-state index in [1.54, 1.807) is 18.7 Å². The minimum Gasteiger partial charge on any atom is -0.378 e. The molecule has 1 aliphatic rings. The van der Waals surface area contributed by atoms with Crippen molar-refractivity contribution in [3.63, 3.8) is 0 Å². The van der Waals surface area contributed by atoms with Gasteiger partial charge in [0.15, 0.2) is 11.0 Å². The summed E-state index contributed by atoms with van der Waals surface area (Å²) in [5.74, 6) is 0.988. The molecule has 0 amide bonds. The van der Waals surface area contributed by atoms with E-state index in [4.69, 9.17) is 9.26 Å². The normalized spacial score (nSPS) is 17.1. The molecule has 8 nitrogen and oxygen atoms in total. The van der Waals surface area contributed by atoms with Crippen LogP contribution >= 0.6 is 11.8 Å². The van der Waals surface area contributed by atoms with Crippen LogP contribution in [0.2, 0.25) is 0 Å². The van der Waals surface area contributed by atoms with E-state index in [9.17, 15) is 13.2 Å². The molecule has 12 heteroatoms. The maximum absolute atomic E-state index is 13.0. The van der Waals surface area contributed by atoms with Gasteiger partial charge in [-0.05, 0) is 13.8 Å². The Kier molecular flexibility index (Phi) is 5.18. The Morgan fingerprint density at radius 1 is 1.24 bits per heavy atom. The molecule has 0 aliphatic carbocycles. The Hall–Kier alpha value is -1.82. The van der Waals surface area contributed by atoms with Crippen molar-refractivity contribution in [3.8, 4) is 0 Å². The minimum absolute atomic E-state index is 0.155. The molecule has 2 aromatic rings. The van der Waals surface area contributed by atoms with Crippen LogP contribution in [-0.2, 0) is 11.3 Å². The monoisotopic (exact) mass is 378 g/mol. The molecule has 0 spiro atoms. The largest absolute Gasteiger partial charge is 0.406 e.